The Hall–Kier alpha value is -1.51. The van der Waals surface area contributed by atoms with Crippen LogP contribution in [0.25, 0.3) is 0 Å². The molecule has 21 heavy (non-hydrogen) atoms. The van der Waals surface area contributed by atoms with Crippen molar-refractivity contribution in [2.45, 2.75) is 39.3 Å². The van der Waals surface area contributed by atoms with Crippen LogP contribution < -0.4 is 5.32 Å². The molecule has 0 heterocycles. The molecule has 112 valence electrons. The Balaban J connectivity index is 1.77. The molecular formula is C18H22ClNO. The average Bonchev–Trinajstić information content (AvgIpc) is 2.48. The van der Waals surface area contributed by atoms with Gasteiger partial charge in [0.15, 0.2) is 0 Å². The summed E-state index contributed by atoms with van der Waals surface area (Å²) in [5.41, 5.74) is 3.57. The largest absolute Gasteiger partial charge is 0.508 e. The molecule has 0 amide bonds. The van der Waals surface area contributed by atoms with Crippen molar-refractivity contribution >= 4 is 11.6 Å². The second kappa shape index (κ2) is 7.48. The third kappa shape index (κ3) is 5.07. The molecule has 0 aliphatic carbocycles. The molecule has 0 aliphatic rings. The van der Waals surface area contributed by atoms with E-state index < -0.39 is 0 Å². The van der Waals surface area contributed by atoms with E-state index in [9.17, 15) is 5.11 Å². The first-order chi connectivity index (χ1) is 10.0. The summed E-state index contributed by atoms with van der Waals surface area (Å²) in [5, 5.41) is 13.6. The summed E-state index contributed by atoms with van der Waals surface area (Å²) in [6, 6.07) is 14.0. The SMILES string of the molecule is Cc1ccc(CNC(C)CCc2ccc(O)cc2)cc1Cl. The van der Waals surface area contributed by atoms with E-state index in [2.05, 4.69) is 24.4 Å². The first-order valence-corrected chi connectivity index (χ1v) is 7.68. The number of hydrogen-bond donors (Lipinski definition) is 2. The van der Waals surface area contributed by atoms with E-state index in [1.807, 2.05) is 25.1 Å². The van der Waals surface area contributed by atoms with Crippen LogP contribution in [0.3, 0.4) is 0 Å². The van der Waals surface area contributed by atoms with Crippen molar-refractivity contribution in [3.8, 4) is 5.75 Å². The van der Waals surface area contributed by atoms with Gasteiger partial charge < -0.3 is 10.4 Å². The fourth-order valence-corrected chi connectivity index (χ4v) is 2.39. The number of aryl methyl sites for hydroxylation is 2. The fraction of sp³-hybridized carbons (Fsp3) is 0.333. The fourth-order valence-electron chi connectivity index (χ4n) is 2.19. The van der Waals surface area contributed by atoms with Gasteiger partial charge in [-0.25, -0.2) is 0 Å². The van der Waals surface area contributed by atoms with Crippen molar-refractivity contribution in [1.82, 2.24) is 5.32 Å². The maximum Gasteiger partial charge on any atom is 0.115 e. The van der Waals surface area contributed by atoms with E-state index in [4.69, 9.17) is 11.6 Å². The summed E-state index contributed by atoms with van der Waals surface area (Å²) in [7, 11) is 0. The third-order valence-electron chi connectivity index (χ3n) is 3.69. The lowest BCUT2D eigenvalue weighted by Gasteiger charge is -2.14. The van der Waals surface area contributed by atoms with Crippen LogP contribution in [-0.2, 0) is 13.0 Å². The third-order valence-corrected chi connectivity index (χ3v) is 4.10. The number of benzene rings is 2. The second-order valence-corrected chi connectivity index (χ2v) is 5.98. The first kappa shape index (κ1) is 15.9. The smallest absolute Gasteiger partial charge is 0.115 e. The maximum atomic E-state index is 9.26. The molecule has 3 heteroatoms. The van der Waals surface area contributed by atoms with Crippen LogP contribution in [0, 0.1) is 6.92 Å². The number of phenolic OH excluding ortho intramolecular Hbond substituents is 1. The highest BCUT2D eigenvalue weighted by Crippen LogP contribution is 2.17. The zero-order valence-electron chi connectivity index (χ0n) is 12.6. The molecule has 1 unspecified atom stereocenters. The lowest BCUT2D eigenvalue weighted by molar-refractivity contribution is 0.474. The van der Waals surface area contributed by atoms with Crippen LogP contribution >= 0.6 is 11.6 Å². The van der Waals surface area contributed by atoms with Gasteiger partial charge in [-0.2, -0.15) is 0 Å². The van der Waals surface area contributed by atoms with Gasteiger partial charge >= 0.3 is 0 Å². The van der Waals surface area contributed by atoms with Gasteiger partial charge in [0.1, 0.15) is 5.75 Å². The van der Waals surface area contributed by atoms with Crippen LogP contribution in [0.1, 0.15) is 30.0 Å². The van der Waals surface area contributed by atoms with Crippen LogP contribution in [0.4, 0.5) is 0 Å². The van der Waals surface area contributed by atoms with Crippen molar-refractivity contribution in [2.75, 3.05) is 0 Å². The zero-order valence-corrected chi connectivity index (χ0v) is 13.3. The molecule has 1 atom stereocenters. The van der Waals surface area contributed by atoms with E-state index in [1.54, 1.807) is 12.1 Å². The Labute approximate surface area is 131 Å². The minimum Gasteiger partial charge on any atom is -0.508 e. The monoisotopic (exact) mass is 303 g/mol. The second-order valence-electron chi connectivity index (χ2n) is 5.57. The Morgan fingerprint density at radius 3 is 2.43 bits per heavy atom. The first-order valence-electron chi connectivity index (χ1n) is 7.31. The van der Waals surface area contributed by atoms with Gasteiger partial charge in [-0.15, -0.1) is 0 Å². The van der Waals surface area contributed by atoms with Crippen molar-refractivity contribution in [3.63, 3.8) is 0 Å². The molecule has 0 bridgehead atoms. The summed E-state index contributed by atoms with van der Waals surface area (Å²) in [6.07, 6.45) is 2.06. The number of rotatable bonds is 6. The molecule has 0 aromatic heterocycles. The van der Waals surface area contributed by atoms with Gasteiger partial charge in [0.05, 0.1) is 0 Å². The molecule has 2 aromatic carbocycles. The summed E-state index contributed by atoms with van der Waals surface area (Å²) in [4.78, 5) is 0. The van der Waals surface area contributed by atoms with Gasteiger partial charge in [-0.05, 0) is 61.6 Å². The summed E-state index contributed by atoms with van der Waals surface area (Å²) in [6.45, 7) is 5.03. The van der Waals surface area contributed by atoms with E-state index in [0.29, 0.717) is 11.8 Å². The Kier molecular flexibility index (Phi) is 5.66. The molecule has 2 rings (SSSR count). The normalized spacial score (nSPS) is 12.3. The number of hydrogen-bond acceptors (Lipinski definition) is 2. The Morgan fingerprint density at radius 1 is 1.10 bits per heavy atom. The van der Waals surface area contributed by atoms with E-state index in [-0.39, 0.29) is 0 Å². The number of nitrogens with one attached hydrogen (secondary N) is 1. The molecule has 0 saturated carbocycles. The summed E-state index contributed by atoms with van der Waals surface area (Å²) in [5.74, 6) is 0.321. The van der Waals surface area contributed by atoms with Crippen molar-refractivity contribution in [1.29, 1.82) is 0 Å². The minimum atomic E-state index is 0.321. The quantitative estimate of drug-likeness (QED) is 0.825. The molecule has 2 nitrogen and oxygen atoms in total. The Morgan fingerprint density at radius 2 is 1.76 bits per heavy atom. The average molecular weight is 304 g/mol. The molecule has 0 fully saturated rings. The van der Waals surface area contributed by atoms with Crippen molar-refractivity contribution in [2.24, 2.45) is 0 Å². The van der Waals surface area contributed by atoms with E-state index >= 15 is 0 Å². The van der Waals surface area contributed by atoms with Crippen LogP contribution in [0.5, 0.6) is 5.75 Å². The van der Waals surface area contributed by atoms with Crippen molar-refractivity contribution in [3.05, 3.63) is 64.2 Å². The summed E-state index contributed by atoms with van der Waals surface area (Å²) < 4.78 is 0. The highest BCUT2D eigenvalue weighted by Gasteiger charge is 2.04. The Bertz CT molecular complexity index is 580. The lowest BCUT2D eigenvalue weighted by Crippen LogP contribution is -2.25. The maximum absolute atomic E-state index is 9.26. The van der Waals surface area contributed by atoms with Crippen molar-refractivity contribution < 1.29 is 5.11 Å². The van der Waals surface area contributed by atoms with E-state index in [1.165, 1.54) is 11.1 Å². The minimum absolute atomic E-state index is 0.321. The molecule has 0 radical (unpaired) electrons. The van der Waals surface area contributed by atoms with Crippen LogP contribution in [0.15, 0.2) is 42.5 Å². The van der Waals surface area contributed by atoms with Gasteiger partial charge in [-0.3, -0.25) is 0 Å². The number of phenols is 1. The van der Waals surface area contributed by atoms with Gasteiger partial charge in [0, 0.05) is 17.6 Å². The molecule has 0 saturated heterocycles. The summed E-state index contributed by atoms with van der Waals surface area (Å²) >= 11 is 6.13. The predicted octanol–water partition coefficient (Wildman–Crippen LogP) is 4.46. The zero-order chi connectivity index (χ0) is 15.2. The number of aromatic hydroxyl groups is 1. The molecule has 2 aromatic rings. The standard InChI is InChI=1S/C18H22ClNO/c1-13-3-5-16(11-18(13)19)12-20-14(2)4-6-15-7-9-17(21)10-8-15/h3,5,7-11,14,20-21H,4,6,12H2,1-2H3. The predicted molar refractivity (Wildman–Crippen MR) is 88.9 cm³/mol. The van der Waals surface area contributed by atoms with Crippen LogP contribution in [0.2, 0.25) is 5.02 Å². The number of halogens is 1. The highest BCUT2D eigenvalue weighted by atomic mass is 35.5. The lowest BCUT2D eigenvalue weighted by atomic mass is 10.1. The van der Waals surface area contributed by atoms with Gasteiger partial charge in [-0.1, -0.05) is 35.9 Å². The van der Waals surface area contributed by atoms with Crippen LogP contribution in [-0.4, -0.2) is 11.1 Å². The van der Waals surface area contributed by atoms with Gasteiger partial charge in [0.25, 0.3) is 0 Å². The highest BCUT2D eigenvalue weighted by molar-refractivity contribution is 6.31. The topological polar surface area (TPSA) is 32.3 Å². The molecule has 0 spiro atoms. The molecular weight excluding hydrogens is 282 g/mol. The van der Waals surface area contributed by atoms with E-state index in [0.717, 1.165) is 30.0 Å². The molecule has 0 aliphatic heterocycles. The molecule has 2 N–H and O–H groups in total. The van der Waals surface area contributed by atoms with Gasteiger partial charge in [0.2, 0.25) is 0 Å².